The number of hydrogen-bond donors (Lipinski definition) is 1. The maximum absolute atomic E-state index is 3.44. The lowest BCUT2D eigenvalue weighted by Gasteiger charge is -2.19. The first-order chi connectivity index (χ1) is 8.15. The summed E-state index contributed by atoms with van der Waals surface area (Å²) in [6, 6.07) is 6.54. The molecular weight excluding hydrogens is 208 g/mol. The molecule has 2 heteroatoms. The molecule has 1 aromatic carbocycles. The number of aryl methyl sites for hydroxylation is 2. The maximum atomic E-state index is 3.44. The van der Waals surface area contributed by atoms with Crippen LogP contribution in [0.15, 0.2) is 18.2 Å². The number of rotatable bonds is 7. The van der Waals surface area contributed by atoms with Gasteiger partial charge in [-0.25, -0.2) is 0 Å². The van der Waals surface area contributed by atoms with Gasteiger partial charge in [0.05, 0.1) is 0 Å². The van der Waals surface area contributed by atoms with Crippen molar-refractivity contribution in [3.05, 3.63) is 34.9 Å². The zero-order valence-electron chi connectivity index (χ0n) is 11.7. The smallest absolute Gasteiger partial charge is 0.0236 e. The van der Waals surface area contributed by atoms with Crippen molar-refractivity contribution in [2.45, 2.75) is 33.7 Å². The number of nitrogens with zero attached hydrogens (tertiary/aromatic N) is 1. The van der Waals surface area contributed by atoms with Crippen LogP contribution in [-0.2, 0) is 6.54 Å². The highest BCUT2D eigenvalue weighted by atomic mass is 15.1. The van der Waals surface area contributed by atoms with Crippen LogP contribution >= 0.6 is 0 Å². The van der Waals surface area contributed by atoms with Gasteiger partial charge >= 0.3 is 0 Å². The Morgan fingerprint density at radius 2 is 1.76 bits per heavy atom. The van der Waals surface area contributed by atoms with Gasteiger partial charge < -0.3 is 10.2 Å². The van der Waals surface area contributed by atoms with Gasteiger partial charge in [0.15, 0.2) is 0 Å². The fraction of sp³-hybridized carbons (Fsp3) is 0.600. The number of nitrogens with one attached hydrogen (secondary N) is 1. The van der Waals surface area contributed by atoms with Crippen molar-refractivity contribution in [3.63, 3.8) is 0 Å². The van der Waals surface area contributed by atoms with Crippen LogP contribution in [0.3, 0.4) is 0 Å². The van der Waals surface area contributed by atoms with E-state index in [9.17, 15) is 0 Å². The lowest BCUT2D eigenvalue weighted by atomic mass is 10.0. The molecule has 0 spiro atoms. The molecule has 0 aliphatic carbocycles. The normalized spacial score (nSPS) is 11.1. The molecule has 0 fully saturated rings. The third-order valence-electron chi connectivity index (χ3n) is 3.17. The Kier molecular flexibility index (Phi) is 6.23. The van der Waals surface area contributed by atoms with Gasteiger partial charge in [0.1, 0.15) is 0 Å². The molecule has 0 atom stereocenters. The van der Waals surface area contributed by atoms with Crippen molar-refractivity contribution in [1.29, 1.82) is 0 Å². The molecule has 1 rings (SSSR count). The molecule has 2 nitrogen and oxygen atoms in total. The molecule has 0 saturated heterocycles. The predicted octanol–water partition coefficient (Wildman–Crippen LogP) is 2.73. The van der Waals surface area contributed by atoms with Crippen LogP contribution in [0.1, 0.15) is 30.0 Å². The summed E-state index contributed by atoms with van der Waals surface area (Å²) in [5.74, 6) is 0. The average Bonchev–Trinajstić information content (AvgIpc) is 2.30. The molecule has 1 N–H and O–H groups in total. The Bertz CT molecular complexity index is 313. The van der Waals surface area contributed by atoms with Crippen molar-refractivity contribution in [1.82, 2.24) is 10.2 Å². The Morgan fingerprint density at radius 3 is 2.35 bits per heavy atom. The van der Waals surface area contributed by atoms with E-state index in [1.807, 2.05) is 0 Å². The largest absolute Gasteiger partial charge is 0.315 e. The van der Waals surface area contributed by atoms with E-state index in [2.05, 4.69) is 56.2 Å². The highest BCUT2D eigenvalue weighted by molar-refractivity contribution is 5.33. The van der Waals surface area contributed by atoms with Crippen molar-refractivity contribution in [3.8, 4) is 0 Å². The maximum Gasteiger partial charge on any atom is 0.0236 e. The molecule has 0 saturated carbocycles. The molecule has 96 valence electrons. The van der Waals surface area contributed by atoms with Crippen LogP contribution < -0.4 is 5.32 Å². The molecule has 0 bridgehead atoms. The average molecular weight is 234 g/mol. The van der Waals surface area contributed by atoms with E-state index in [4.69, 9.17) is 0 Å². The second-order valence-corrected chi connectivity index (χ2v) is 4.86. The lowest BCUT2D eigenvalue weighted by molar-refractivity contribution is 0.323. The van der Waals surface area contributed by atoms with Crippen molar-refractivity contribution in [2.75, 3.05) is 26.7 Å². The van der Waals surface area contributed by atoms with Gasteiger partial charge in [0.2, 0.25) is 0 Å². The van der Waals surface area contributed by atoms with Crippen LogP contribution in [0.4, 0.5) is 0 Å². The summed E-state index contributed by atoms with van der Waals surface area (Å²) in [6.45, 7) is 11.0. The molecule has 0 aliphatic rings. The van der Waals surface area contributed by atoms with E-state index in [1.54, 1.807) is 0 Å². The van der Waals surface area contributed by atoms with E-state index >= 15 is 0 Å². The summed E-state index contributed by atoms with van der Waals surface area (Å²) in [5, 5.41) is 3.44. The third-order valence-corrected chi connectivity index (χ3v) is 3.17. The molecule has 17 heavy (non-hydrogen) atoms. The summed E-state index contributed by atoms with van der Waals surface area (Å²) >= 11 is 0. The topological polar surface area (TPSA) is 15.3 Å². The van der Waals surface area contributed by atoms with Crippen LogP contribution in [-0.4, -0.2) is 31.6 Å². The first-order valence-corrected chi connectivity index (χ1v) is 6.59. The Morgan fingerprint density at radius 1 is 1.12 bits per heavy atom. The fourth-order valence-electron chi connectivity index (χ4n) is 2.02. The highest BCUT2D eigenvalue weighted by Crippen LogP contribution is 2.14. The molecule has 0 radical (unpaired) electrons. The van der Waals surface area contributed by atoms with E-state index < -0.39 is 0 Å². The van der Waals surface area contributed by atoms with Crippen molar-refractivity contribution in [2.24, 2.45) is 0 Å². The second kappa shape index (κ2) is 7.46. The molecule has 0 heterocycles. The first-order valence-electron chi connectivity index (χ1n) is 6.59. The van der Waals surface area contributed by atoms with Gasteiger partial charge in [-0.2, -0.15) is 0 Å². The molecule has 0 amide bonds. The minimum atomic E-state index is 1.05. The fourth-order valence-corrected chi connectivity index (χ4v) is 2.02. The molecular formula is C15H26N2. The molecule has 0 unspecified atom stereocenters. The summed E-state index contributed by atoms with van der Waals surface area (Å²) in [4.78, 5) is 2.39. The monoisotopic (exact) mass is 234 g/mol. The Balaban J connectivity index is 2.42. The number of hydrogen-bond acceptors (Lipinski definition) is 2. The molecule has 0 aromatic heterocycles. The SMILES string of the molecule is CCCNCCN(C)Cc1c(C)cccc1C. The number of benzene rings is 1. The summed E-state index contributed by atoms with van der Waals surface area (Å²) in [7, 11) is 2.19. The van der Waals surface area contributed by atoms with Crippen molar-refractivity contribution >= 4 is 0 Å². The summed E-state index contributed by atoms with van der Waals surface area (Å²) in [6.07, 6.45) is 1.21. The Labute approximate surface area is 106 Å². The minimum Gasteiger partial charge on any atom is -0.315 e. The molecule has 0 aliphatic heterocycles. The van der Waals surface area contributed by atoms with Crippen molar-refractivity contribution < 1.29 is 0 Å². The molecule has 1 aromatic rings. The second-order valence-electron chi connectivity index (χ2n) is 4.86. The predicted molar refractivity (Wildman–Crippen MR) is 75.4 cm³/mol. The quantitative estimate of drug-likeness (QED) is 0.730. The highest BCUT2D eigenvalue weighted by Gasteiger charge is 2.05. The Hall–Kier alpha value is -0.860. The van der Waals surface area contributed by atoms with Gasteiger partial charge in [0.25, 0.3) is 0 Å². The van der Waals surface area contributed by atoms with Gasteiger partial charge in [-0.1, -0.05) is 25.1 Å². The van der Waals surface area contributed by atoms with Crippen LogP contribution in [0.5, 0.6) is 0 Å². The van der Waals surface area contributed by atoms with E-state index in [-0.39, 0.29) is 0 Å². The zero-order valence-corrected chi connectivity index (χ0v) is 11.7. The van der Waals surface area contributed by atoms with E-state index in [0.29, 0.717) is 0 Å². The van der Waals surface area contributed by atoms with E-state index in [0.717, 1.165) is 26.2 Å². The standard InChI is InChI=1S/C15H26N2/c1-5-9-16-10-11-17(4)12-15-13(2)7-6-8-14(15)3/h6-8,16H,5,9-12H2,1-4H3. The number of likely N-dealkylation sites (N-methyl/N-ethyl adjacent to an activating group) is 1. The minimum absolute atomic E-state index is 1.05. The summed E-state index contributed by atoms with van der Waals surface area (Å²) in [5.41, 5.74) is 4.28. The van der Waals surface area contributed by atoms with Gasteiger partial charge in [-0.15, -0.1) is 0 Å². The van der Waals surface area contributed by atoms with Crippen LogP contribution in [0.25, 0.3) is 0 Å². The van der Waals surface area contributed by atoms with Gasteiger partial charge in [-0.05, 0) is 50.6 Å². The summed E-state index contributed by atoms with van der Waals surface area (Å²) < 4.78 is 0. The van der Waals surface area contributed by atoms with Crippen LogP contribution in [0.2, 0.25) is 0 Å². The first kappa shape index (κ1) is 14.2. The van der Waals surface area contributed by atoms with E-state index in [1.165, 1.54) is 23.1 Å². The van der Waals surface area contributed by atoms with Crippen LogP contribution in [0, 0.1) is 13.8 Å². The lowest BCUT2D eigenvalue weighted by Crippen LogP contribution is -2.29. The third kappa shape index (κ3) is 4.88. The zero-order chi connectivity index (χ0) is 12.7. The van der Waals surface area contributed by atoms with Gasteiger partial charge in [0, 0.05) is 19.6 Å². The van der Waals surface area contributed by atoms with Gasteiger partial charge in [-0.3, -0.25) is 0 Å².